The van der Waals surface area contributed by atoms with Crippen LogP contribution in [0.2, 0.25) is 0 Å². The average molecular weight is 371 g/mol. The van der Waals surface area contributed by atoms with E-state index < -0.39 is 18.2 Å². The molecule has 0 spiro atoms. The molecule has 2 amide bonds. The Hall–Kier alpha value is -3.55. The second kappa shape index (κ2) is 9.81. The van der Waals surface area contributed by atoms with Gasteiger partial charge in [0.05, 0.1) is 25.6 Å². The van der Waals surface area contributed by atoms with Crippen molar-refractivity contribution >= 4 is 23.7 Å². The Labute approximate surface area is 156 Å². The second-order valence-electron chi connectivity index (χ2n) is 5.38. The molecule has 8 heteroatoms. The van der Waals surface area contributed by atoms with Crippen LogP contribution in [0, 0.1) is 0 Å². The van der Waals surface area contributed by atoms with E-state index in [0.717, 1.165) is 0 Å². The molecule has 3 N–H and O–H groups in total. The van der Waals surface area contributed by atoms with Crippen molar-refractivity contribution < 1.29 is 24.2 Å². The van der Waals surface area contributed by atoms with Crippen molar-refractivity contribution in [2.24, 2.45) is 5.10 Å². The Morgan fingerprint density at radius 1 is 1.15 bits per heavy atom. The summed E-state index contributed by atoms with van der Waals surface area (Å²) >= 11 is 0. The van der Waals surface area contributed by atoms with Gasteiger partial charge in [0, 0.05) is 0 Å². The third-order valence-corrected chi connectivity index (χ3v) is 3.39. The molecular weight excluding hydrogens is 350 g/mol. The van der Waals surface area contributed by atoms with Gasteiger partial charge in [0.2, 0.25) is 11.8 Å². The first kappa shape index (κ1) is 19.8. The van der Waals surface area contributed by atoms with E-state index in [4.69, 9.17) is 9.47 Å². The number of benzene rings is 2. The lowest BCUT2D eigenvalue weighted by atomic mass is 10.2. The smallest absolute Gasteiger partial charge is 0.249 e. The van der Waals surface area contributed by atoms with Crippen LogP contribution in [-0.2, 0) is 9.59 Å². The molecule has 0 aromatic heterocycles. The standard InChI is InChI=1S/C19H21N3O5/c1-3-27-17-10-13(8-9-15(17)23)12-20-22-19(25)11-18(24)21-14-6-4-5-7-16(14)26-2/h4-10,12,23H,3,11H2,1-2H3,(H,21,24)(H,22,25). The molecule has 8 nitrogen and oxygen atoms in total. The van der Waals surface area contributed by atoms with E-state index in [9.17, 15) is 14.7 Å². The predicted octanol–water partition coefficient (Wildman–Crippen LogP) is 2.28. The lowest BCUT2D eigenvalue weighted by molar-refractivity contribution is -0.126. The Kier molecular flexibility index (Phi) is 7.18. The molecule has 0 saturated carbocycles. The number of phenolic OH excluding ortho intramolecular Hbond substituents is 1. The molecule has 0 aliphatic carbocycles. The lowest BCUT2D eigenvalue weighted by Crippen LogP contribution is -2.24. The molecule has 0 saturated heterocycles. The van der Waals surface area contributed by atoms with E-state index in [1.54, 1.807) is 43.3 Å². The van der Waals surface area contributed by atoms with Crippen molar-refractivity contribution in [1.82, 2.24) is 5.43 Å². The van der Waals surface area contributed by atoms with Gasteiger partial charge in [-0.25, -0.2) is 5.43 Å². The number of anilines is 1. The van der Waals surface area contributed by atoms with Crippen LogP contribution in [0.25, 0.3) is 0 Å². The molecule has 0 atom stereocenters. The van der Waals surface area contributed by atoms with Gasteiger partial charge in [-0.15, -0.1) is 0 Å². The normalized spacial score (nSPS) is 10.4. The summed E-state index contributed by atoms with van der Waals surface area (Å²) in [6.07, 6.45) is 0.993. The molecule has 2 aromatic rings. The molecule has 27 heavy (non-hydrogen) atoms. The fourth-order valence-corrected chi connectivity index (χ4v) is 2.19. The van der Waals surface area contributed by atoms with Gasteiger partial charge in [-0.1, -0.05) is 12.1 Å². The molecule has 142 valence electrons. The number of hydrogen-bond donors (Lipinski definition) is 3. The molecule has 0 unspecified atom stereocenters. The summed E-state index contributed by atoms with van der Waals surface area (Å²) in [5, 5.41) is 16.1. The number of methoxy groups -OCH3 is 1. The van der Waals surface area contributed by atoms with Crippen LogP contribution in [-0.4, -0.2) is 36.9 Å². The Bertz CT molecular complexity index is 836. The summed E-state index contributed by atoms with van der Waals surface area (Å²) in [6.45, 7) is 2.21. The van der Waals surface area contributed by atoms with Gasteiger partial charge in [0.1, 0.15) is 12.2 Å². The van der Waals surface area contributed by atoms with Gasteiger partial charge >= 0.3 is 0 Å². The highest BCUT2D eigenvalue weighted by atomic mass is 16.5. The fraction of sp³-hybridized carbons (Fsp3) is 0.211. The summed E-state index contributed by atoms with van der Waals surface area (Å²) in [5.41, 5.74) is 3.38. The van der Waals surface area contributed by atoms with Crippen LogP contribution in [0.3, 0.4) is 0 Å². The highest BCUT2D eigenvalue weighted by Crippen LogP contribution is 2.26. The number of hydrogen-bond acceptors (Lipinski definition) is 6. The van der Waals surface area contributed by atoms with E-state index in [-0.39, 0.29) is 5.75 Å². The minimum absolute atomic E-state index is 0.0195. The highest BCUT2D eigenvalue weighted by Gasteiger charge is 2.11. The molecule has 2 aromatic carbocycles. The molecule has 0 heterocycles. The molecule has 2 rings (SSSR count). The van der Waals surface area contributed by atoms with Crippen LogP contribution in [0.4, 0.5) is 5.69 Å². The lowest BCUT2D eigenvalue weighted by Gasteiger charge is -2.09. The SMILES string of the molecule is CCOc1cc(C=NNC(=O)CC(=O)Nc2ccccc2OC)ccc1O. The summed E-state index contributed by atoms with van der Waals surface area (Å²) < 4.78 is 10.4. The Balaban J connectivity index is 1.87. The van der Waals surface area contributed by atoms with Crippen LogP contribution >= 0.6 is 0 Å². The van der Waals surface area contributed by atoms with Crippen LogP contribution in [0.15, 0.2) is 47.6 Å². The monoisotopic (exact) mass is 371 g/mol. The zero-order valence-electron chi connectivity index (χ0n) is 15.1. The zero-order chi connectivity index (χ0) is 19.6. The van der Waals surface area contributed by atoms with E-state index in [0.29, 0.717) is 29.4 Å². The molecule has 0 bridgehead atoms. The highest BCUT2D eigenvalue weighted by molar-refractivity contribution is 6.04. The minimum Gasteiger partial charge on any atom is -0.504 e. The maximum Gasteiger partial charge on any atom is 0.249 e. The van der Waals surface area contributed by atoms with Crippen molar-refractivity contribution in [2.75, 3.05) is 19.0 Å². The number of ether oxygens (including phenoxy) is 2. The largest absolute Gasteiger partial charge is 0.504 e. The maximum absolute atomic E-state index is 12.0. The molecular formula is C19H21N3O5. The first-order valence-corrected chi connectivity index (χ1v) is 8.24. The third-order valence-electron chi connectivity index (χ3n) is 3.39. The predicted molar refractivity (Wildman–Crippen MR) is 101 cm³/mol. The number of carbonyl (C=O) groups excluding carboxylic acids is 2. The van der Waals surface area contributed by atoms with Gasteiger partial charge in [0.15, 0.2) is 11.5 Å². The summed E-state index contributed by atoms with van der Waals surface area (Å²) in [7, 11) is 1.49. The molecule has 0 aliphatic rings. The van der Waals surface area contributed by atoms with Crippen molar-refractivity contribution in [3.8, 4) is 17.2 Å². The number of para-hydroxylation sites is 2. The third kappa shape index (κ3) is 6.03. The second-order valence-corrected chi connectivity index (χ2v) is 5.38. The van der Waals surface area contributed by atoms with E-state index in [2.05, 4.69) is 15.8 Å². The number of aromatic hydroxyl groups is 1. The number of rotatable bonds is 8. The molecule has 0 fully saturated rings. The first-order chi connectivity index (χ1) is 13.0. The number of nitrogens with zero attached hydrogens (tertiary/aromatic N) is 1. The number of nitrogens with one attached hydrogen (secondary N) is 2. The summed E-state index contributed by atoms with van der Waals surface area (Å²) in [6, 6.07) is 11.6. The fourth-order valence-electron chi connectivity index (χ4n) is 2.19. The van der Waals surface area contributed by atoms with Crippen molar-refractivity contribution in [1.29, 1.82) is 0 Å². The van der Waals surface area contributed by atoms with Crippen molar-refractivity contribution in [3.05, 3.63) is 48.0 Å². The number of phenols is 1. The van der Waals surface area contributed by atoms with E-state index >= 15 is 0 Å². The first-order valence-electron chi connectivity index (χ1n) is 8.24. The zero-order valence-corrected chi connectivity index (χ0v) is 15.1. The van der Waals surface area contributed by atoms with Gasteiger partial charge in [-0.05, 0) is 42.8 Å². The van der Waals surface area contributed by atoms with Gasteiger partial charge < -0.3 is 19.9 Å². The molecule has 0 radical (unpaired) electrons. The van der Waals surface area contributed by atoms with Crippen molar-refractivity contribution in [2.45, 2.75) is 13.3 Å². The number of hydrazone groups is 1. The minimum atomic E-state index is -0.567. The van der Waals surface area contributed by atoms with Crippen LogP contribution < -0.4 is 20.2 Å². The topological polar surface area (TPSA) is 109 Å². The Morgan fingerprint density at radius 3 is 2.67 bits per heavy atom. The number of amides is 2. The maximum atomic E-state index is 12.0. The summed E-state index contributed by atoms with van der Waals surface area (Å²) in [5.74, 6) is -0.213. The molecule has 0 aliphatic heterocycles. The quantitative estimate of drug-likeness (QED) is 0.375. The van der Waals surface area contributed by atoms with Crippen LogP contribution in [0.1, 0.15) is 18.9 Å². The Morgan fingerprint density at radius 2 is 1.93 bits per heavy atom. The summed E-state index contributed by atoms with van der Waals surface area (Å²) in [4.78, 5) is 23.8. The van der Waals surface area contributed by atoms with E-state index in [1.807, 2.05) is 0 Å². The van der Waals surface area contributed by atoms with Gasteiger partial charge in [-0.2, -0.15) is 5.10 Å². The van der Waals surface area contributed by atoms with Crippen LogP contribution in [0.5, 0.6) is 17.2 Å². The van der Waals surface area contributed by atoms with Crippen molar-refractivity contribution in [3.63, 3.8) is 0 Å². The number of carbonyl (C=O) groups is 2. The van der Waals surface area contributed by atoms with Gasteiger partial charge in [-0.3, -0.25) is 9.59 Å². The average Bonchev–Trinajstić information content (AvgIpc) is 2.65. The van der Waals surface area contributed by atoms with Gasteiger partial charge in [0.25, 0.3) is 0 Å². The van der Waals surface area contributed by atoms with E-state index in [1.165, 1.54) is 19.4 Å².